The molecule has 15 heavy (non-hydrogen) atoms. The van der Waals surface area contributed by atoms with E-state index in [9.17, 15) is 9.90 Å². The third-order valence-electron chi connectivity index (χ3n) is 2.07. The first-order chi connectivity index (χ1) is 7.11. The van der Waals surface area contributed by atoms with E-state index in [2.05, 4.69) is 5.32 Å². The summed E-state index contributed by atoms with van der Waals surface area (Å²) in [6.07, 6.45) is -0.686. The van der Waals surface area contributed by atoms with Crippen LogP contribution in [0.3, 0.4) is 0 Å². The minimum absolute atomic E-state index is 0.185. The van der Waals surface area contributed by atoms with E-state index in [1.807, 2.05) is 30.3 Å². The minimum atomic E-state index is -0.686. The molecule has 0 fully saturated rings. The maximum Gasteiger partial charge on any atom is 0.236 e. The zero-order valence-electron chi connectivity index (χ0n) is 8.68. The maximum atomic E-state index is 11.1. The Morgan fingerprint density at radius 1 is 1.47 bits per heavy atom. The smallest absolute Gasteiger partial charge is 0.236 e. The highest BCUT2D eigenvalue weighted by Gasteiger charge is 2.10. The molecule has 2 unspecified atom stereocenters. The van der Waals surface area contributed by atoms with Gasteiger partial charge in [-0.1, -0.05) is 30.3 Å². The topological polar surface area (TPSA) is 75.4 Å². The van der Waals surface area contributed by atoms with Gasteiger partial charge in [0.1, 0.15) is 0 Å². The van der Waals surface area contributed by atoms with Crippen molar-refractivity contribution in [1.82, 2.24) is 5.32 Å². The summed E-state index contributed by atoms with van der Waals surface area (Å²) in [5.74, 6) is -0.259. The van der Waals surface area contributed by atoms with Gasteiger partial charge in [-0.05, 0) is 12.5 Å². The predicted octanol–water partition coefficient (Wildman–Crippen LogP) is 0.183. The molecule has 0 bridgehead atoms. The van der Waals surface area contributed by atoms with Gasteiger partial charge in [-0.25, -0.2) is 0 Å². The molecule has 4 heteroatoms. The quantitative estimate of drug-likeness (QED) is 0.661. The van der Waals surface area contributed by atoms with Crippen molar-refractivity contribution in [2.75, 3.05) is 6.54 Å². The number of rotatable bonds is 4. The number of benzene rings is 1. The molecule has 0 saturated carbocycles. The third-order valence-corrected chi connectivity index (χ3v) is 2.07. The average molecular weight is 208 g/mol. The van der Waals surface area contributed by atoms with Crippen LogP contribution in [0, 0.1) is 0 Å². The number of aliphatic hydroxyl groups is 1. The fourth-order valence-corrected chi connectivity index (χ4v) is 1.15. The van der Waals surface area contributed by atoms with E-state index < -0.39 is 12.1 Å². The second-order valence-electron chi connectivity index (χ2n) is 3.46. The Labute approximate surface area is 89.1 Å². The van der Waals surface area contributed by atoms with Gasteiger partial charge in [0.05, 0.1) is 12.1 Å². The van der Waals surface area contributed by atoms with Gasteiger partial charge >= 0.3 is 0 Å². The van der Waals surface area contributed by atoms with E-state index in [0.29, 0.717) is 0 Å². The van der Waals surface area contributed by atoms with Crippen molar-refractivity contribution in [2.24, 2.45) is 5.73 Å². The van der Waals surface area contributed by atoms with Crippen LogP contribution >= 0.6 is 0 Å². The fourth-order valence-electron chi connectivity index (χ4n) is 1.15. The summed E-state index contributed by atoms with van der Waals surface area (Å²) in [6, 6.07) is 8.62. The van der Waals surface area contributed by atoms with Gasteiger partial charge in [0.15, 0.2) is 0 Å². The highest BCUT2D eigenvalue weighted by molar-refractivity contribution is 5.80. The van der Waals surface area contributed by atoms with Crippen molar-refractivity contribution in [1.29, 1.82) is 0 Å². The highest BCUT2D eigenvalue weighted by atomic mass is 16.3. The largest absolute Gasteiger partial charge is 0.387 e. The maximum absolute atomic E-state index is 11.1. The number of hydrogen-bond donors (Lipinski definition) is 3. The molecule has 1 amide bonds. The van der Waals surface area contributed by atoms with Crippen molar-refractivity contribution < 1.29 is 9.90 Å². The first-order valence-corrected chi connectivity index (χ1v) is 4.87. The predicted molar refractivity (Wildman–Crippen MR) is 58.1 cm³/mol. The van der Waals surface area contributed by atoms with Crippen molar-refractivity contribution in [3.05, 3.63) is 35.9 Å². The molecular weight excluding hydrogens is 192 g/mol. The Morgan fingerprint density at radius 3 is 2.60 bits per heavy atom. The van der Waals surface area contributed by atoms with Gasteiger partial charge in [0.25, 0.3) is 0 Å². The van der Waals surface area contributed by atoms with E-state index in [-0.39, 0.29) is 12.5 Å². The molecule has 0 saturated heterocycles. The number of amides is 1. The lowest BCUT2D eigenvalue weighted by Crippen LogP contribution is -2.40. The van der Waals surface area contributed by atoms with Crippen LogP contribution in [0.2, 0.25) is 0 Å². The molecule has 0 aliphatic heterocycles. The number of nitrogens with two attached hydrogens (primary N) is 1. The van der Waals surface area contributed by atoms with Crippen LogP contribution in [-0.2, 0) is 4.79 Å². The molecule has 0 spiro atoms. The van der Waals surface area contributed by atoms with E-state index in [4.69, 9.17) is 5.73 Å². The molecule has 0 heterocycles. The van der Waals surface area contributed by atoms with Crippen LogP contribution in [-0.4, -0.2) is 23.6 Å². The molecule has 4 nitrogen and oxygen atoms in total. The minimum Gasteiger partial charge on any atom is -0.387 e. The van der Waals surface area contributed by atoms with Crippen LogP contribution in [0.25, 0.3) is 0 Å². The van der Waals surface area contributed by atoms with E-state index in [1.54, 1.807) is 6.92 Å². The summed E-state index contributed by atoms with van der Waals surface area (Å²) in [5.41, 5.74) is 6.15. The van der Waals surface area contributed by atoms with E-state index >= 15 is 0 Å². The lowest BCUT2D eigenvalue weighted by atomic mass is 10.1. The number of aliphatic hydroxyl groups excluding tert-OH is 1. The first kappa shape index (κ1) is 11.7. The summed E-state index contributed by atoms with van der Waals surface area (Å²) in [7, 11) is 0. The number of hydrogen-bond acceptors (Lipinski definition) is 3. The average Bonchev–Trinajstić information content (AvgIpc) is 2.26. The third kappa shape index (κ3) is 3.69. The van der Waals surface area contributed by atoms with Crippen molar-refractivity contribution in [3.63, 3.8) is 0 Å². The lowest BCUT2D eigenvalue weighted by molar-refractivity contribution is -0.122. The van der Waals surface area contributed by atoms with Crippen LogP contribution in [0.15, 0.2) is 30.3 Å². The van der Waals surface area contributed by atoms with Gasteiger partial charge in [0.2, 0.25) is 5.91 Å². The number of carbonyl (C=O) groups excluding carboxylic acids is 1. The van der Waals surface area contributed by atoms with E-state index in [1.165, 1.54) is 0 Å². The van der Waals surface area contributed by atoms with E-state index in [0.717, 1.165) is 5.56 Å². The fraction of sp³-hybridized carbons (Fsp3) is 0.364. The summed E-state index contributed by atoms with van der Waals surface area (Å²) in [5, 5.41) is 12.3. The molecule has 0 aliphatic carbocycles. The Kier molecular flexibility index (Phi) is 4.27. The first-order valence-electron chi connectivity index (χ1n) is 4.87. The molecule has 1 aromatic rings. The standard InChI is InChI=1S/C11H16N2O2/c1-8(12)11(15)13-7-10(14)9-5-3-2-4-6-9/h2-6,8,10,14H,7,12H2,1H3,(H,13,15). The molecule has 1 rings (SSSR count). The summed E-state index contributed by atoms with van der Waals surface area (Å²) in [6.45, 7) is 1.79. The molecule has 1 aromatic carbocycles. The van der Waals surface area contributed by atoms with Crippen LogP contribution in [0.4, 0.5) is 0 Å². The zero-order valence-corrected chi connectivity index (χ0v) is 8.68. The van der Waals surface area contributed by atoms with Crippen molar-refractivity contribution in [3.8, 4) is 0 Å². The van der Waals surface area contributed by atoms with Crippen LogP contribution in [0.1, 0.15) is 18.6 Å². The SMILES string of the molecule is CC(N)C(=O)NCC(O)c1ccccc1. The number of carbonyl (C=O) groups is 1. The molecule has 2 atom stereocenters. The summed E-state index contributed by atoms with van der Waals surface area (Å²) in [4.78, 5) is 11.1. The molecule has 4 N–H and O–H groups in total. The summed E-state index contributed by atoms with van der Waals surface area (Å²) >= 11 is 0. The normalized spacial score (nSPS) is 14.3. The van der Waals surface area contributed by atoms with Crippen molar-refractivity contribution >= 4 is 5.91 Å². The highest BCUT2D eigenvalue weighted by Crippen LogP contribution is 2.10. The Morgan fingerprint density at radius 2 is 2.07 bits per heavy atom. The molecule has 0 aliphatic rings. The van der Waals surface area contributed by atoms with Gasteiger partial charge in [-0.2, -0.15) is 0 Å². The van der Waals surface area contributed by atoms with Gasteiger partial charge in [0, 0.05) is 6.54 Å². The second-order valence-corrected chi connectivity index (χ2v) is 3.46. The lowest BCUT2D eigenvalue weighted by Gasteiger charge is -2.13. The second kappa shape index (κ2) is 5.48. The summed E-state index contributed by atoms with van der Waals surface area (Å²) < 4.78 is 0. The number of nitrogens with one attached hydrogen (secondary N) is 1. The Balaban J connectivity index is 2.44. The molecular formula is C11H16N2O2. The zero-order chi connectivity index (χ0) is 11.3. The van der Waals surface area contributed by atoms with Crippen LogP contribution < -0.4 is 11.1 Å². The van der Waals surface area contributed by atoms with Gasteiger partial charge < -0.3 is 16.2 Å². The monoisotopic (exact) mass is 208 g/mol. The van der Waals surface area contributed by atoms with Crippen molar-refractivity contribution in [2.45, 2.75) is 19.1 Å². The molecule has 82 valence electrons. The van der Waals surface area contributed by atoms with Gasteiger partial charge in [-0.3, -0.25) is 4.79 Å². The van der Waals surface area contributed by atoms with Gasteiger partial charge in [-0.15, -0.1) is 0 Å². The Hall–Kier alpha value is -1.39. The molecule has 0 radical (unpaired) electrons. The Bertz CT molecular complexity index is 312. The van der Waals surface area contributed by atoms with Crippen LogP contribution in [0.5, 0.6) is 0 Å². The molecule has 0 aromatic heterocycles.